The molecule has 2 heterocycles. The number of hydrogen-bond acceptors (Lipinski definition) is 6. The Hall–Kier alpha value is -3.40. The molecule has 2 aromatic heterocycles. The average Bonchev–Trinajstić information content (AvgIpc) is 3.42. The fourth-order valence-electron chi connectivity index (χ4n) is 3.45. The highest BCUT2D eigenvalue weighted by Crippen LogP contribution is 2.34. The fraction of sp³-hybridized carbons (Fsp3) is 0.292. The van der Waals surface area contributed by atoms with Crippen molar-refractivity contribution in [3.05, 3.63) is 74.7 Å². The summed E-state index contributed by atoms with van der Waals surface area (Å²) in [5, 5.41) is 4.37. The molecule has 178 valence electrons. The second kappa shape index (κ2) is 9.84. The van der Waals surface area contributed by atoms with Crippen molar-refractivity contribution < 1.29 is 22.4 Å². The lowest BCUT2D eigenvalue weighted by Crippen LogP contribution is -2.03. The van der Waals surface area contributed by atoms with E-state index in [9.17, 15) is 18.0 Å². The van der Waals surface area contributed by atoms with Crippen molar-refractivity contribution in [1.82, 2.24) is 15.1 Å². The monoisotopic (exact) mass is 489 g/mol. The molecule has 0 aliphatic heterocycles. The molecule has 0 saturated heterocycles. The van der Waals surface area contributed by atoms with Crippen LogP contribution in [0.4, 0.5) is 13.2 Å². The first kappa shape index (κ1) is 23.7. The van der Waals surface area contributed by atoms with Gasteiger partial charge in [0.2, 0.25) is 0 Å². The molecule has 34 heavy (non-hydrogen) atoms. The van der Waals surface area contributed by atoms with Crippen molar-refractivity contribution in [3.63, 3.8) is 0 Å². The van der Waals surface area contributed by atoms with E-state index in [-0.39, 0.29) is 6.61 Å². The zero-order valence-corrected chi connectivity index (χ0v) is 19.3. The summed E-state index contributed by atoms with van der Waals surface area (Å²) in [7, 11) is 0. The fourth-order valence-corrected chi connectivity index (χ4v) is 4.47. The lowest BCUT2D eigenvalue weighted by molar-refractivity contribution is -0.137. The smallest absolute Gasteiger partial charge is 0.439 e. The molecule has 4 aromatic rings. The Balaban J connectivity index is 1.53. The van der Waals surface area contributed by atoms with Gasteiger partial charge in [-0.15, -0.1) is 11.3 Å². The number of benzene rings is 2. The van der Waals surface area contributed by atoms with Gasteiger partial charge >= 0.3 is 11.9 Å². The van der Waals surface area contributed by atoms with E-state index < -0.39 is 17.5 Å². The van der Waals surface area contributed by atoms with E-state index in [2.05, 4.69) is 21.6 Å². The largest absolute Gasteiger partial charge is 0.488 e. The zero-order chi connectivity index (χ0) is 24.3. The van der Waals surface area contributed by atoms with Crippen LogP contribution in [0.2, 0.25) is 0 Å². The Labute approximate surface area is 197 Å². The minimum Gasteiger partial charge on any atom is -0.488 e. The Morgan fingerprint density at radius 2 is 1.91 bits per heavy atom. The van der Waals surface area contributed by atoms with Crippen LogP contribution in [0.25, 0.3) is 22.0 Å². The molecule has 0 aliphatic rings. The number of nitrogens with one attached hydrogen (secondary N) is 1. The van der Waals surface area contributed by atoms with E-state index in [4.69, 9.17) is 9.72 Å². The van der Waals surface area contributed by atoms with Crippen molar-refractivity contribution in [2.24, 2.45) is 0 Å². The van der Waals surface area contributed by atoms with Gasteiger partial charge in [-0.05, 0) is 55.7 Å². The first-order valence-corrected chi connectivity index (χ1v) is 11.5. The van der Waals surface area contributed by atoms with Gasteiger partial charge in [0.05, 0.1) is 16.1 Å². The average molecular weight is 490 g/mol. The van der Waals surface area contributed by atoms with Crippen LogP contribution >= 0.6 is 11.3 Å². The van der Waals surface area contributed by atoms with E-state index in [1.807, 2.05) is 13.0 Å². The molecule has 6 nitrogen and oxygen atoms in total. The summed E-state index contributed by atoms with van der Waals surface area (Å²) in [6.07, 6.45) is -1.65. The lowest BCUT2D eigenvalue weighted by atomic mass is 10.1. The number of rotatable bonds is 8. The van der Waals surface area contributed by atoms with Gasteiger partial charge in [0.15, 0.2) is 5.82 Å². The Morgan fingerprint density at radius 3 is 2.53 bits per heavy atom. The topological polar surface area (TPSA) is 81.0 Å². The van der Waals surface area contributed by atoms with Crippen LogP contribution in [-0.4, -0.2) is 15.1 Å². The predicted octanol–water partition coefficient (Wildman–Crippen LogP) is 6.40. The predicted molar refractivity (Wildman–Crippen MR) is 123 cm³/mol. The molecular weight excluding hydrogens is 467 g/mol. The lowest BCUT2D eigenvalue weighted by Gasteiger charge is -2.09. The first-order chi connectivity index (χ1) is 16.2. The van der Waals surface area contributed by atoms with Crippen LogP contribution in [0.5, 0.6) is 5.75 Å². The second-order valence-corrected chi connectivity index (χ2v) is 8.86. The summed E-state index contributed by atoms with van der Waals surface area (Å²) >= 11 is 1.42. The van der Waals surface area contributed by atoms with Gasteiger partial charge < -0.3 is 4.74 Å². The summed E-state index contributed by atoms with van der Waals surface area (Å²) in [4.78, 5) is 19.4. The van der Waals surface area contributed by atoms with Crippen molar-refractivity contribution in [1.29, 1.82) is 0 Å². The molecule has 0 saturated carbocycles. The summed E-state index contributed by atoms with van der Waals surface area (Å²) in [5.74, 6) is 0.362. The molecule has 0 spiro atoms. The summed E-state index contributed by atoms with van der Waals surface area (Å²) in [6.45, 7) is 4.25. The number of thiazole rings is 1. The number of aromatic amines is 1. The van der Waals surface area contributed by atoms with E-state index in [1.54, 1.807) is 12.1 Å². The third-order valence-corrected chi connectivity index (χ3v) is 6.39. The zero-order valence-electron chi connectivity index (χ0n) is 18.5. The molecule has 2 aromatic carbocycles. The quantitative estimate of drug-likeness (QED) is 0.310. The van der Waals surface area contributed by atoms with Gasteiger partial charge in [-0.25, -0.2) is 9.78 Å². The molecule has 0 bridgehead atoms. The molecule has 0 aliphatic carbocycles. The molecule has 0 unspecified atom stereocenters. The summed E-state index contributed by atoms with van der Waals surface area (Å²) < 4.78 is 49.2. The van der Waals surface area contributed by atoms with Gasteiger partial charge in [-0.1, -0.05) is 30.6 Å². The van der Waals surface area contributed by atoms with Gasteiger partial charge in [0.25, 0.3) is 0 Å². The van der Waals surface area contributed by atoms with Gasteiger partial charge in [-0.2, -0.15) is 13.2 Å². The standard InChI is InChI=1S/C24H22F3N3O3S/c1-3-4-5-19-20(34-22(28-19)15-6-8-16(9-7-15)24(25,26)27)13-32-17-10-11-18(14(2)12-17)21-29-23(31)33-30-21/h6-12H,3-5,13H2,1-2H3,(H,29,30,31). The van der Waals surface area contributed by atoms with Crippen molar-refractivity contribution in [2.75, 3.05) is 0 Å². The number of halogens is 3. The van der Waals surface area contributed by atoms with Crippen LogP contribution < -0.4 is 10.5 Å². The second-order valence-electron chi connectivity index (χ2n) is 7.78. The van der Waals surface area contributed by atoms with E-state index >= 15 is 0 Å². The van der Waals surface area contributed by atoms with Crippen LogP contribution in [0, 0.1) is 6.92 Å². The van der Waals surface area contributed by atoms with Crippen LogP contribution in [0.15, 0.2) is 51.8 Å². The normalized spacial score (nSPS) is 11.7. The Morgan fingerprint density at radius 1 is 1.15 bits per heavy atom. The van der Waals surface area contributed by atoms with E-state index in [0.29, 0.717) is 22.1 Å². The van der Waals surface area contributed by atoms with Crippen molar-refractivity contribution in [2.45, 2.75) is 45.9 Å². The van der Waals surface area contributed by atoms with Crippen LogP contribution in [0.3, 0.4) is 0 Å². The van der Waals surface area contributed by atoms with E-state index in [0.717, 1.165) is 53.1 Å². The minimum absolute atomic E-state index is 0.289. The number of alkyl halides is 3. The highest BCUT2D eigenvalue weighted by atomic mass is 32.1. The number of hydrogen-bond donors (Lipinski definition) is 1. The molecule has 0 radical (unpaired) electrons. The third kappa shape index (κ3) is 5.39. The number of ether oxygens (including phenoxy) is 1. The minimum atomic E-state index is -4.37. The third-order valence-electron chi connectivity index (χ3n) is 5.27. The highest BCUT2D eigenvalue weighted by Gasteiger charge is 2.30. The molecule has 0 fully saturated rings. The Bertz CT molecular complexity index is 1320. The number of unbranched alkanes of at least 4 members (excludes halogenated alkanes) is 1. The first-order valence-electron chi connectivity index (χ1n) is 10.7. The molecular formula is C24H22F3N3O3S. The molecule has 1 N–H and O–H groups in total. The number of H-pyrrole nitrogens is 1. The van der Waals surface area contributed by atoms with Gasteiger partial charge in [0.1, 0.15) is 17.4 Å². The highest BCUT2D eigenvalue weighted by molar-refractivity contribution is 7.15. The number of aryl methyl sites for hydroxylation is 2. The molecule has 0 atom stereocenters. The molecule has 4 rings (SSSR count). The number of aromatic nitrogens is 3. The molecule has 0 amide bonds. The van der Waals surface area contributed by atoms with Crippen molar-refractivity contribution in [3.8, 4) is 27.7 Å². The van der Waals surface area contributed by atoms with Gasteiger partial charge in [0, 0.05) is 11.1 Å². The van der Waals surface area contributed by atoms with Crippen LogP contribution in [-0.2, 0) is 19.2 Å². The maximum Gasteiger partial charge on any atom is 0.439 e. The maximum absolute atomic E-state index is 12.9. The number of nitrogens with zero attached hydrogens (tertiary/aromatic N) is 2. The van der Waals surface area contributed by atoms with Crippen molar-refractivity contribution >= 4 is 11.3 Å². The van der Waals surface area contributed by atoms with E-state index in [1.165, 1.54) is 23.5 Å². The van der Waals surface area contributed by atoms with Gasteiger partial charge in [-0.3, -0.25) is 9.51 Å². The molecule has 10 heteroatoms. The van der Waals surface area contributed by atoms with Crippen LogP contribution in [0.1, 0.15) is 41.5 Å². The Kier molecular flexibility index (Phi) is 6.87. The maximum atomic E-state index is 12.9. The SMILES string of the molecule is CCCCc1nc(-c2ccc(C(F)(F)F)cc2)sc1COc1ccc(-c2noc(=O)[nH]2)c(C)c1. The summed E-state index contributed by atoms with van der Waals surface area (Å²) in [5.41, 5.74) is 2.43. The summed E-state index contributed by atoms with van der Waals surface area (Å²) in [6, 6.07) is 10.5.